The zero-order valence-electron chi connectivity index (χ0n) is 5.47. The van der Waals surface area contributed by atoms with Crippen LogP contribution in [-0.2, 0) is 0 Å². The first-order valence-electron chi connectivity index (χ1n) is 2.81. The molecule has 3 heteroatoms. The summed E-state index contributed by atoms with van der Waals surface area (Å²) in [5.41, 5.74) is 0.988. The van der Waals surface area contributed by atoms with Gasteiger partial charge in [-0.2, -0.15) is 0 Å². The third-order valence-electron chi connectivity index (χ3n) is 1.24. The second kappa shape index (κ2) is 3.17. The lowest BCUT2D eigenvalue weighted by Crippen LogP contribution is -1.79. The molecule has 0 aliphatic heterocycles. The highest BCUT2D eigenvalue weighted by Crippen LogP contribution is 2.22. The first-order valence-corrected chi connectivity index (χ1v) is 3.56. The van der Waals surface area contributed by atoms with Crippen molar-refractivity contribution in [2.45, 2.75) is 6.92 Å². The summed E-state index contributed by atoms with van der Waals surface area (Å²) in [6.45, 7) is 1.91. The standard InChI is InChI=1S/C7H7ClOS/c1-5-4-6(8)2-3-7(5)9-10/h2-4,10H,1H3. The van der Waals surface area contributed by atoms with E-state index in [1.807, 2.05) is 13.0 Å². The molecule has 0 heterocycles. The molecule has 0 radical (unpaired) electrons. The minimum absolute atomic E-state index is 0.714. The van der Waals surface area contributed by atoms with Crippen molar-refractivity contribution < 1.29 is 4.18 Å². The van der Waals surface area contributed by atoms with Crippen molar-refractivity contribution >= 4 is 24.5 Å². The van der Waals surface area contributed by atoms with Gasteiger partial charge in [0.15, 0.2) is 0 Å². The van der Waals surface area contributed by atoms with Crippen LogP contribution in [0.4, 0.5) is 0 Å². The van der Waals surface area contributed by atoms with Crippen molar-refractivity contribution in [2.24, 2.45) is 0 Å². The van der Waals surface area contributed by atoms with Crippen molar-refractivity contribution in [1.82, 2.24) is 0 Å². The van der Waals surface area contributed by atoms with Crippen LogP contribution in [0.3, 0.4) is 0 Å². The largest absolute Gasteiger partial charge is 0.429 e. The van der Waals surface area contributed by atoms with E-state index in [1.165, 1.54) is 0 Å². The molecule has 0 aliphatic carbocycles. The Hall–Kier alpha value is -0.340. The predicted molar refractivity (Wildman–Crippen MR) is 45.8 cm³/mol. The molecule has 1 rings (SSSR count). The molecule has 10 heavy (non-hydrogen) atoms. The first-order chi connectivity index (χ1) is 4.74. The van der Waals surface area contributed by atoms with E-state index in [4.69, 9.17) is 15.8 Å². The van der Waals surface area contributed by atoms with Crippen LogP contribution in [0.2, 0.25) is 5.02 Å². The van der Waals surface area contributed by atoms with E-state index in [9.17, 15) is 0 Å². The number of halogens is 1. The fourth-order valence-electron chi connectivity index (χ4n) is 0.715. The molecule has 0 fully saturated rings. The molecule has 0 aromatic heterocycles. The summed E-state index contributed by atoms with van der Waals surface area (Å²) in [6.07, 6.45) is 0. The molecule has 0 amide bonds. The van der Waals surface area contributed by atoms with Gasteiger partial charge in [-0.05, 0) is 30.7 Å². The number of hydrogen-bond donors (Lipinski definition) is 1. The molecule has 1 nitrogen and oxygen atoms in total. The van der Waals surface area contributed by atoms with Crippen LogP contribution >= 0.6 is 24.5 Å². The fourth-order valence-corrected chi connectivity index (χ4v) is 1.15. The van der Waals surface area contributed by atoms with Gasteiger partial charge < -0.3 is 4.18 Å². The summed E-state index contributed by atoms with van der Waals surface area (Å²) >= 11 is 9.36. The Morgan fingerprint density at radius 3 is 2.70 bits per heavy atom. The lowest BCUT2D eigenvalue weighted by atomic mass is 10.2. The number of hydrogen-bond acceptors (Lipinski definition) is 2. The zero-order chi connectivity index (χ0) is 7.56. The van der Waals surface area contributed by atoms with Gasteiger partial charge in [0.25, 0.3) is 0 Å². The summed E-state index contributed by atoms with van der Waals surface area (Å²) in [7, 11) is 0. The maximum Gasteiger partial charge on any atom is 0.139 e. The summed E-state index contributed by atoms with van der Waals surface area (Å²) in [5, 5.41) is 0.714. The molecule has 1 aromatic rings. The third kappa shape index (κ3) is 1.58. The van der Waals surface area contributed by atoms with Crippen molar-refractivity contribution in [3.8, 4) is 5.75 Å². The van der Waals surface area contributed by atoms with Crippen LogP contribution in [-0.4, -0.2) is 0 Å². The highest BCUT2D eigenvalue weighted by Gasteiger charge is 1.96. The van der Waals surface area contributed by atoms with Crippen molar-refractivity contribution in [3.63, 3.8) is 0 Å². The lowest BCUT2D eigenvalue weighted by Gasteiger charge is -2.00. The molecular weight excluding hydrogens is 168 g/mol. The minimum Gasteiger partial charge on any atom is -0.429 e. The molecule has 0 saturated heterocycles. The molecule has 54 valence electrons. The maximum absolute atomic E-state index is 5.69. The van der Waals surface area contributed by atoms with Crippen LogP contribution in [0.15, 0.2) is 18.2 Å². The summed E-state index contributed by atoms with van der Waals surface area (Å²) < 4.78 is 4.74. The Bertz CT molecular complexity index is 237. The summed E-state index contributed by atoms with van der Waals surface area (Å²) in [4.78, 5) is 0. The van der Waals surface area contributed by atoms with E-state index in [0.29, 0.717) is 5.02 Å². The molecular formula is C7H7ClOS. The normalized spacial score (nSPS) is 9.50. The average molecular weight is 175 g/mol. The Balaban J connectivity index is 3.07. The third-order valence-corrected chi connectivity index (χ3v) is 1.67. The van der Waals surface area contributed by atoms with Crippen LogP contribution in [0.5, 0.6) is 5.75 Å². The maximum atomic E-state index is 5.69. The van der Waals surface area contributed by atoms with Gasteiger partial charge in [0.05, 0.1) is 0 Å². The Morgan fingerprint density at radius 1 is 1.50 bits per heavy atom. The summed E-state index contributed by atoms with van der Waals surface area (Å²) in [5.74, 6) is 0.743. The molecule has 0 aliphatic rings. The van der Waals surface area contributed by atoms with E-state index < -0.39 is 0 Å². The number of rotatable bonds is 1. The number of thiol groups is 1. The van der Waals surface area contributed by atoms with Gasteiger partial charge in [-0.1, -0.05) is 11.6 Å². The molecule has 0 unspecified atom stereocenters. The van der Waals surface area contributed by atoms with Gasteiger partial charge in [-0.3, -0.25) is 0 Å². The minimum atomic E-state index is 0.714. The molecule has 0 atom stereocenters. The van der Waals surface area contributed by atoms with Gasteiger partial charge in [0, 0.05) is 17.9 Å². The van der Waals surface area contributed by atoms with Gasteiger partial charge in [-0.25, -0.2) is 0 Å². The van der Waals surface area contributed by atoms with Gasteiger partial charge in [0.2, 0.25) is 0 Å². The molecule has 1 aromatic carbocycles. The van der Waals surface area contributed by atoms with Crippen molar-refractivity contribution in [2.75, 3.05) is 0 Å². The van der Waals surface area contributed by atoms with Crippen LogP contribution < -0.4 is 4.18 Å². The van der Waals surface area contributed by atoms with E-state index >= 15 is 0 Å². The first kappa shape index (κ1) is 7.76. The predicted octanol–water partition coefficient (Wildman–Crippen LogP) is 2.87. The quantitative estimate of drug-likeness (QED) is 0.509. The smallest absolute Gasteiger partial charge is 0.139 e. The topological polar surface area (TPSA) is 9.23 Å². The van der Waals surface area contributed by atoms with E-state index in [0.717, 1.165) is 11.3 Å². The molecule has 0 spiro atoms. The van der Waals surface area contributed by atoms with Gasteiger partial charge >= 0.3 is 0 Å². The van der Waals surface area contributed by atoms with Crippen molar-refractivity contribution in [1.29, 1.82) is 0 Å². The van der Waals surface area contributed by atoms with Gasteiger partial charge in [-0.15, -0.1) is 0 Å². The van der Waals surface area contributed by atoms with E-state index in [2.05, 4.69) is 12.9 Å². The Morgan fingerprint density at radius 2 is 2.20 bits per heavy atom. The summed E-state index contributed by atoms with van der Waals surface area (Å²) in [6, 6.07) is 5.37. The highest BCUT2D eigenvalue weighted by molar-refractivity contribution is 7.75. The van der Waals surface area contributed by atoms with Crippen LogP contribution in [0.25, 0.3) is 0 Å². The van der Waals surface area contributed by atoms with Gasteiger partial charge in [0.1, 0.15) is 5.75 Å². The second-order valence-corrected chi connectivity index (χ2v) is 2.62. The Labute approximate surface area is 70.6 Å². The average Bonchev–Trinajstić information content (AvgIpc) is 1.88. The Kier molecular flexibility index (Phi) is 2.46. The fraction of sp³-hybridized carbons (Fsp3) is 0.143. The number of aryl methyl sites for hydroxylation is 1. The zero-order valence-corrected chi connectivity index (χ0v) is 7.12. The van der Waals surface area contributed by atoms with E-state index in [-0.39, 0.29) is 0 Å². The SMILES string of the molecule is Cc1cc(Cl)ccc1OS. The highest BCUT2D eigenvalue weighted by atomic mass is 35.5. The number of benzene rings is 1. The molecule has 0 N–H and O–H groups in total. The van der Waals surface area contributed by atoms with E-state index in [1.54, 1.807) is 12.1 Å². The van der Waals surface area contributed by atoms with Crippen molar-refractivity contribution in [3.05, 3.63) is 28.8 Å². The monoisotopic (exact) mass is 174 g/mol. The lowest BCUT2D eigenvalue weighted by molar-refractivity contribution is 0.652. The second-order valence-electron chi connectivity index (χ2n) is 2.00. The van der Waals surface area contributed by atoms with Crippen LogP contribution in [0, 0.1) is 6.92 Å². The van der Waals surface area contributed by atoms with Crippen LogP contribution in [0.1, 0.15) is 5.56 Å². The molecule has 0 bridgehead atoms. The molecule has 0 saturated carbocycles.